The van der Waals surface area contributed by atoms with Crippen LogP contribution in [-0.2, 0) is 0 Å². The van der Waals surface area contributed by atoms with Crippen LogP contribution in [0.3, 0.4) is 0 Å². The first-order valence-electron chi connectivity index (χ1n) is 6.78. The van der Waals surface area contributed by atoms with Crippen molar-refractivity contribution < 1.29 is 9.50 Å². The lowest BCUT2D eigenvalue weighted by Crippen LogP contribution is -1.96. The topological polar surface area (TPSA) is 20.2 Å². The molecule has 0 heterocycles. The standard InChI is InChI=1S/C18H15FOS/c1-12(20)16-7-4-8-17(19)18(16)21-15-10-9-13-5-2-3-6-14(13)11-15/h2-12,20H,1H3. The average Bonchev–Trinajstić information content (AvgIpc) is 2.49. The van der Waals surface area contributed by atoms with E-state index in [4.69, 9.17) is 0 Å². The molecule has 0 aliphatic carbocycles. The summed E-state index contributed by atoms with van der Waals surface area (Å²) in [5.41, 5.74) is 0.619. The predicted molar refractivity (Wildman–Crippen MR) is 85.1 cm³/mol. The molecule has 3 aromatic rings. The first kappa shape index (κ1) is 14.1. The minimum atomic E-state index is -0.691. The Kier molecular flexibility index (Phi) is 3.95. The van der Waals surface area contributed by atoms with E-state index in [1.807, 2.05) is 42.5 Å². The third-order valence-electron chi connectivity index (χ3n) is 3.39. The van der Waals surface area contributed by atoms with Crippen LogP contribution in [0.4, 0.5) is 4.39 Å². The number of hydrogen-bond acceptors (Lipinski definition) is 2. The van der Waals surface area contributed by atoms with Gasteiger partial charge in [-0.15, -0.1) is 0 Å². The van der Waals surface area contributed by atoms with Crippen molar-refractivity contribution in [3.8, 4) is 0 Å². The lowest BCUT2D eigenvalue weighted by molar-refractivity contribution is 0.195. The molecule has 1 nitrogen and oxygen atoms in total. The number of hydrogen-bond donors (Lipinski definition) is 1. The summed E-state index contributed by atoms with van der Waals surface area (Å²) in [7, 11) is 0. The van der Waals surface area contributed by atoms with Crippen LogP contribution < -0.4 is 0 Å². The molecule has 21 heavy (non-hydrogen) atoms. The zero-order valence-electron chi connectivity index (χ0n) is 11.6. The molecule has 0 bridgehead atoms. The van der Waals surface area contributed by atoms with Crippen LogP contribution in [0.15, 0.2) is 70.5 Å². The van der Waals surface area contributed by atoms with Gasteiger partial charge in [-0.25, -0.2) is 4.39 Å². The fourth-order valence-electron chi connectivity index (χ4n) is 2.31. The predicted octanol–water partition coefficient (Wildman–Crippen LogP) is 5.18. The second-order valence-corrected chi connectivity index (χ2v) is 6.03. The van der Waals surface area contributed by atoms with Gasteiger partial charge in [0, 0.05) is 4.90 Å². The first-order valence-corrected chi connectivity index (χ1v) is 7.60. The van der Waals surface area contributed by atoms with Gasteiger partial charge >= 0.3 is 0 Å². The Bertz CT molecular complexity index is 783. The Morgan fingerprint density at radius 2 is 1.71 bits per heavy atom. The molecule has 0 saturated heterocycles. The van der Waals surface area contributed by atoms with Crippen molar-refractivity contribution in [2.75, 3.05) is 0 Å². The number of halogens is 1. The van der Waals surface area contributed by atoms with Gasteiger partial charge in [0.2, 0.25) is 0 Å². The van der Waals surface area contributed by atoms with Gasteiger partial charge in [0.15, 0.2) is 0 Å². The quantitative estimate of drug-likeness (QED) is 0.718. The van der Waals surface area contributed by atoms with Crippen LogP contribution in [0, 0.1) is 5.82 Å². The van der Waals surface area contributed by atoms with E-state index in [1.165, 1.54) is 17.8 Å². The highest BCUT2D eigenvalue weighted by Gasteiger charge is 2.13. The highest BCUT2D eigenvalue weighted by molar-refractivity contribution is 7.99. The molecule has 106 valence electrons. The van der Waals surface area contributed by atoms with E-state index in [0.717, 1.165) is 15.7 Å². The summed E-state index contributed by atoms with van der Waals surface area (Å²) in [4.78, 5) is 1.45. The smallest absolute Gasteiger partial charge is 0.137 e. The van der Waals surface area contributed by atoms with Gasteiger partial charge in [-0.2, -0.15) is 0 Å². The Hall–Kier alpha value is -1.84. The fourth-order valence-corrected chi connectivity index (χ4v) is 3.39. The fraction of sp³-hybridized carbons (Fsp3) is 0.111. The Labute approximate surface area is 127 Å². The molecular weight excluding hydrogens is 283 g/mol. The zero-order valence-corrected chi connectivity index (χ0v) is 12.4. The molecule has 0 fully saturated rings. The maximum Gasteiger partial charge on any atom is 0.137 e. The van der Waals surface area contributed by atoms with Gasteiger partial charge in [0.25, 0.3) is 0 Å². The number of rotatable bonds is 3. The van der Waals surface area contributed by atoms with Crippen molar-refractivity contribution >= 4 is 22.5 Å². The van der Waals surface area contributed by atoms with E-state index in [2.05, 4.69) is 0 Å². The van der Waals surface area contributed by atoms with Gasteiger partial charge in [-0.1, -0.05) is 54.2 Å². The summed E-state index contributed by atoms with van der Waals surface area (Å²) >= 11 is 1.35. The summed E-state index contributed by atoms with van der Waals surface area (Å²) in [5, 5.41) is 12.1. The van der Waals surface area contributed by atoms with Gasteiger partial charge < -0.3 is 5.11 Å². The molecule has 0 aliphatic rings. The lowest BCUT2D eigenvalue weighted by atomic mass is 10.1. The first-order chi connectivity index (χ1) is 10.1. The molecule has 0 spiro atoms. The minimum absolute atomic E-state index is 0.299. The molecular formula is C18H15FOS. The lowest BCUT2D eigenvalue weighted by Gasteiger charge is -2.12. The highest BCUT2D eigenvalue weighted by atomic mass is 32.2. The average molecular weight is 298 g/mol. The molecule has 3 aromatic carbocycles. The number of aliphatic hydroxyl groups excluding tert-OH is 1. The summed E-state index contributed by atoms with van der Waals surface area (Å²) in [5.74, 6) is -0.299. The molecule has 0 saturated carbocycles. The van der Waals surface area contributed by atoms with Crippen molar-refractivity contribution in [1.29, 1.82) is 0 Å². The normalized spacial score (nSPS) is 12.5. The largest absolute Gasteiger partial charge is 0.389 e. The second kappa shape index (κ2) is 5.88. The Morgan fingerprint density at radius 1 is 0.952 bits per heavy atom. The van der Waals surface area contributed by atoms with Gasteiger partial charge in [0.05, 0.1) is 11.0 Å². The monoisotopic (exact) mass is 298 g/mol. The van der Waals surface area contributed by atoms with Crippen molar-refractivity contribution in [1.82, 2.24) is 0 Å². The van der Waals surface area contributed by atoms with E-state index in [1.54, 1.807) is 19.1 Å². The number of aliphatic hydroxyl groups is 1. The third kappa shape index (κ3) is 2.94. The van der Waals surface area contributed by atoms with Crippen LogP contribution in [0.5, 0.6) is 0 Å². The maximum absolute atomic E-state index is 14.1. The summed E-state index contributed by atoms with van der Waals surface area (Å²) in [6, 6.07) is 18.9. The minimum Gasteiger partial charge on any atom is -0.389 e. The van der Waals surface area contributed by atoms with Crippen LogP contribution in [0.2, 0.25) is 0 Å². The van der Waals surface area contributed by atoms with Gasteiger partial charge in [-0.05, 0) is 41.5 Å². The van der Waals surface area contributed by atoms with Crippen LogP contribution in [0.1, 0.15) is 18.6 Å². The summed E-state index contributed by atoms with van der Waals surface area (Å²) in [6.45, 7) is 1.65. The van der Waals surface area contributed by atoms with E-state index in [-0.39, 0.29) is 5.82 Å². The Morgan fingerprint density at radius 3 is 2.48 bits per heavy atom. The second-order valence-electron chi connectivity index (χ2n) is 4.95. The molecule has 0 radical (unpaired) electrons. The van der Waals surface area contributed by atoms with Crippen molar-refractivity contribution in [2.45, 2.75) is 22.8 Å². The van der Waals surface area contributed by atoms with Crippen LogP contribution in [-0.4, -0.2) is 5.11 Å². The molecule has 3 rings (SSSR count). The summed E-state index contributed by atoms with van der Waals surface area (Å²) < 4.78 is 14.1. The zero-order chi connectivity index (χ0) is 14.8. The van der Waals surface area contributed by atoms with Crippen LogP contribution in [0.25, 0.3) is 10.8 Å². The molecule has 1 N–H and O–H groups in total. The molecule has 0 aliphatic heterocycles. The molecule has 3 heteroatoms. The van der Waals surface area contributed by atoms with E-state index < -0.39 is 6.10 Å². The number of benzene rings is 3. The highest BCUT2D eigenvalue weighted by Crippen LogP contribution is 2.36. The number of fused-ring (bicyclic) bond motifs is 1. The van der Waals surface area contributed by atoms with Crippen LogP contribution >= 0.6 is 11.8 Å². The van der Waals surface area contributed by atoms with Crippen molar-refractivity contribution in [3.05, 3.63) is 72.0 Å². The molecule has 1 unspecified atom stereocenters. The maximum atomic E-state index is 14.1. The third-order valence-corrected chi connectivity index (χ3v) is 4.51. The van der Waals surface area contributed by atoms with Crippen molar-refractivity contribution in [3.63, 3.8) is 0 Å². The van der Waals surface area contributed by atoms with Gasteiger partial charge in [-0.3, -0.25) is 0 Å². The summed E-state index contributed by atoms with van der Waals surface area (Å²) in [6.07, 6.45) is -0.691. The van der Waals surface area contributed by atoms with E-state index in [0.29, 0.717) is 10.5 Å². The SMILES string of the molecule is CC(O)c1cccc(F)c1Sc1ccc2ccccc2c1. The van der Waals surface area contributed by atoms with E-state index >= 15 is 0 Å². The van der Waals surface area contributed by atoms with Gasteiger partial charge in [0.1, 0.15) is 5.82 Å². The molecule has 0 amide bonds. The molecule has 1 atom stereocenters. The van der Waals surface area contributed by atoms with Crippen molar-refractivity contribution in [2.24, 2.45) is 0 Å². The Balaban J connectivity index is 2.02. The molecule has 0 aromatic heterocycles. The van der Waals surface area contributed by atoms with E-state index in [9.17, 15) is 9.50 Å².